The Morgan fingerprint density at radius 2 is 2.62 bits per heavy atom. The van der Waals surface area contributed by atoms with Crippen molar-refractivity contribution in [2.75, 3.05) is 0 Å². The molecule has 0 aromatic rings. The van der Waals surface area contributed by atoms with Crippen LogP contribution in [0.3, 0.4) is 0 Å². The number of rotatable bonds is 1. The molecule has 0 atom stereocenters. The first-order chi connectivity index (χ1) is 3.93. The molecule has 0 spiro atoms. The predicted molar refractivity (Wildman–Crippen MR) is 35.4 cm³/mol. The quantitative estimate of drug-likeness (QED) is 0.355. The first kappa shape index (κ1) is 5.44. The monoisotopic (exact) mass is 106 g/mol. The van der Waals surface area contributed by atoms with Crippen LogP contribution >= 0.6 is 0 Å². The van der Waals surface area contributed by atoms with Gasteiger partial charge in [-0.15, -0.1) is 12.3 Å². The Balaban J connectivity index is 2.36. The summed E-state index contributed by atoms with van der Waals surface area (Å²) in [4.78, 5) is 0. The third kappa shape index (κ3) is 1.13. The third-order valence-electron chi connectivity index (χ3n) is 1.46. The van der Waals surface area contributed by atoms with E-state index < -0.39 is 0 Å². The van der Waals surface area contributed by atoms with Gasteiger partial charge in [0.05, 0.1) is 0 Å². The molecule has 1 aliphatic rings. The van der Waals surface area contributed by atoms with Crippen molar-refractivity contribution in [1.29, 1.82) is 0 Å². The molecule has 1 rings (SSSR count). The van der Waals surface area contributed by atoms with Gasteiger partial charge in [0.2, 0.25) is 0 Å². The van der Waals surface area contributed by atoms with Gasteiger partial charge in [-0.2, -0.15) is 0 Å². The molecular weight excluding hydrogens is 96.1 g/mol. The summed E-state index contributed by atoms with van der Waals surface area (Å²) in [6.07, 6.45) is 12.1. The number of hydrogen-bond acceptors (Lipinski definition) is 0. The van der Waals surface area contributed by atoms with E-state index in [2.05, 4.69) is 12.0 Å². The van der Waals surface area contributed by atoms with Crippen LogP contribution in [0.5, 0.6) is 0 Å². The first-order valence-electron chi connectivity index (χ1n) is 3.05. The molecule has 0 saturated heterocycles. The molecule has 0 amide bonds. The number of terminal acetylenes is 1. The van der Waals surface area contributed by atoms with Gasteiger partial charge in [-0.1, -0.05) is 11.6 Å². The highest BCUT2D eigenvalue weighted by Crippen LogP contribution is 2.19. The van der Waals surface area contributed by atoms with Crippen molar-refractivity contribution in [1.82, 2.24) is 0 Å². The summed E-state index contributed by atoms with van der Waals surface area (Å²) in [5, 5.41) is 0. The summed E-state index contributed by atoms with van der Waals surface area (Å²) in [6, 6.07) is 0. The van der Waals surface area contributed by atoms with Gasteiger partial charge in [0.25, 0.3) is 0 Å². The number of allylic oxidation sites excluding steroid dienone is 2. The Kier molecular flexibility index (Phi) is 1.75. The maximum Gasteiger partial charge on any atom is 0.0296 e. The lowest BCUT2D eigenvalue weighted by atomic mass is 10.2. The molecule has 0 bridgehead atoms. The average molecular weight is 106 g/mol. The summed E-state index contributed by atoms with van der Waals surface area (Å²) >= 11 is 0. The number of hydrogen-bond donors (Lipinski definition) is 0. The Hall–Kier alpha value is -0.700. The molecule has 0 heteroatoms. The van der Waals surface area contributed by atoms with Crippen molar-refractivity contribution in [2.45, 2.75) is 25.7 Å². The zero-order valence-electron chi connectivity index (χ0n) is 4.98. The van der Waals surface area contributed by atoms with Crippen LogP contribution in [-0.4, -0.2) is 0 Å². The topological polar surface area (TPSA) is 0 Å². The van der Waals surface area contributed by atoms with Crippen molar-refractivity contribution in [3.63, 3.8) is 0 Å². The Morgan fingerprint density at radius 1 is 1.75 bits per heavy atom. The fraction of sp³-hybridized carbons (Fsp3) is 0.500. The maximum absolute atomic E-state index is 5.12. The molecule has 0 aliphatic heterocycles. The zero-order valence-corrected chi connectivity index (χ0v) is 4.98. The summed E-state index contributed by atoms with van der Waals surface area (Å²) in [6.45, 7) is 0. The summed E-state index contributed by atoms with van der Waals surface area (Å²) in [7, 11) is 0. The highest BCUT2D eigenvalue weighted by atomic mass is 14.1. The fourth-order valence-corrected chi connectivity index (χ4v) is 1.03. The van der Waals surface area contributed by atoms with Crippen molar-refractivity contribution in [3.05, 3.63) is 11.6 Å². The van der Waals surface area contributed by atoms with Crippen LogP contribution in [0.2, 0.25) is 0 Å². The third-order valence-corrected chi connectivity index (χ3v) is 1.46. The molecule has 0 fully saturated rings. The minimum absolute atomic E-state index is 0.875. The van der Waals surface area contributed by atoms with Gasteiger partial charge < -0.3 is 0 Å². The Morgan fingerprint density at radius 3 is 3.12 bits per heavy atom. The molecular formula is C8H10. The van der Waals surface area contributed by atoms with Gasteiger partial charge in [-0.05, 0) is 19.3 Å². The zero-order chi connectivity index (χ0) is 5.82. The van der Waals surface area contributed by atoms with E-state index in [9.17, 15) is 0 Å². The predicted octanol–water partition coefficient (Wildman–Crippen LogP) is 2.12. The normalized spacial score (nSPS) is 17.6. The SMILES string of the molecule is C#CCC1=CCCC1. The smallest absolute Gasteiger partial charge is 0.0296 e. The highest BCUT2D eigenvalue weighted by molar-refractivity contribution is 5.13. The van der Waals surface area contributed by atoms with Crippen molar-refractivity contribution < 1.29 is 0 Å². The molecule has 42 valence electrons. The lowest BCUT2D eigenvalue weighted by Crippen LogP contribution is -1.71. The van der Waals surface area contributed by atoms with E-state index in [4.69, 9.17) is 6.42 Å². The minimum Gasteiger partial charge on any atom is -0.120 e. The lowest BCUT2D eigenvalue weighted by Gasteiger charge is -1.88. The lowest BCUT2D eigenvalue weighted by molar-refractivity contribution is 0.896. The maximum atomic E-state index is 5.12. The van der Waals surface area contributed by atoms with Crippen LogP contribution in [0.4, 0.5) is 0 Å². The fourth-order valence-electron chi connectivity index (χ4n) is 1.03. The van der Waals surface area contributed by atoms with E-state index in [0.29, 0.717) is 0 Å². The molecule has 0 aromatic carbocycles. The van der Waals surface area contributed by atoms with E-state index in [1.54, 1.807) is 0 Å². The molecule has 0 N–H and O–H groups in total. The molecule has 1 aliphatic carbocycles. The van der Waals surface area contributed by atoms with Gasteiger partial charge in [-0.25, -0.2) is 0 Å². The Bertz CT molecular complexity index is 135. The molecule has 8 heavy (non-hydrogen) atoms. The molecule has 0 heterocycles. The van der Waals surface area contributed by atoms with Gasteiger partial charge in [-0.3, -0.25) is 0 Å². The summed E-state index contributed by atoms with van der Waals surface area (Å²) in [5.41, 5.74) is 1.47. The molecule has 0 unspecified atom stereocenters. The first-order valence-corrected chi connectivity index (χ1v) is 3.05. The second-order valence-electron chi connectivity index (χ2n) is 2.14. The van der Waals surface area contributed by atoms with Crippen LogP contribution in [-0.2, 0) is 0 Å². The van der Waals surface area contributed by atoms with Gasteiger partial charge in [0, 0.05) is 6.42 Å². The second kappa shape index (κ2) is 2.57. The van der Waals surface area contributed by atoms with Crippen molar-refractivity contribution in [2.24, 2.45) is 0 Å². The molecule has 0 radical (unpaired) electrons. The van der Waals surface area contributed by atoms with E-state index in [1.807, 2.05) is 0 Å². The van der Waals surface area contributed by atoms with Crippen LogP contribution in [0.1, 0.15) is 25.7 Å². The van der Waals surface area contributed by atoms with Crippen molar-refractivity contribution >= 4 is 0 Å². The summed E-state index contributed by atoms with van der Waals surface area (Å²) < 4.78 is 0. The summed E-state index contributed by atoms with van der Waals surface area (Å²) in [5.74, 6) is 2.64. The van der Waals surface area contributed by atoms with Gasteiger partial charge >= 0.3 is 0 Å². The van der Waals surface area contributed by atoms with E-state index >= 15 is 0 Å². The van der Waals surface area contributed by atoms with Gasteiger partial charge in [0.15, 0.2) is 0 Å². The van der Waals surface area contributed by atoms with E-state index in [-0.39, 0.29) is 0 Å². The largest absolute Gasteiger partial charge is 0.120 e. The van der Waals surface area contributed by atoms with Crippen molar-refractivity contribution in [3.8, 4) is 12.3 Å². The van der Waals surface area contributed by atoms with Crippen LogP contribution in [0.25, 0.3) is 0 Å². The Labute approximate surface area is 50.6 Å². The molecule has 0 saturated carbocycles. The highest BCUT2D eigenvalue weighted by Gasteiger charge is 2.00. The van der Waals surface area contributed by atoms with Gasteiger partial charge in [0.1, 0.15) is 0 Å². The van der Waals surface area contributed by atoms with Crippen LogP contribution in [0, 0.1) is 12.3 Å². The van der Waals surface area contributed by atoms with E-state index in [1.165, 1.54) is 24.8 Å². The standard InChI is InChI=1S/C8H10/c1-2-5-8-6-3-4-7-8/h1,6H,3-5,7H2. The van der Waals surface area contributed by atoms with Crippen LogP contribution in [0.15, 0.2) is 11.6 Å². The average Bonchev–Trinajstić information content (AvgIpc) is 2.19. The molecule has 0 nitrogen and oxygen atoms in total. The minimum atomic E-state index is 0.875. The van der Waals surface area contributed by atoms with Crippen LogP contribution < -0.4 is 0 Å². The molecule has 0 aromatic heterocycles. The second-order valence-corrected chi connectivity index (χ2v) is 2.14. The van der Waals surface area contributed by atoms with E-state index in [0.717, 1.165) is 6.42 Å².